The molecule has 0 bridgehead atoms. The SMILES string of the molecule is CC(CC(O)(O)O[SiH3])c1c(F)c(F)c(F)c(F)c1F. The van der Waals surface area contributed by atoms with E-state index in [1.165, 1.54) is 0 Å². The third-order valence-electron chi connectivity index (χ3n) is 2.64. The minimum Gasteiger partial charge on any atom is -0.381 e. The molecule has 2 N–H and O–H groups in total. The summed E-state index contributed by atoms with van der Waals surface area (Å²) in [6.07, 6.45) is -0.741. The van der Waals surface area contributed by atoms with E-state index in [9.17, 15) is 32.2 Å². The molecule has 1 unspecified atom stereocenters. The van der Waals surface area contributed by atoms with E-state index in [1.807, 2.05) is 0 Å². The summed E-state index contributed by atoms with van der Waals surface area (Å²) in [6, 6.07) is 0. The van der Waals surface area contributed by atoms with Gasteiger partial charge < -0.3 is 14.6 Å². The van der Waals surface area contributed by atoms with Crippen LogP contribution in [-0.4, -0.2) is 26.7 Å². The monoisotopic (exact) mass is 302 g/mol. The standard InChI is InChI=1S/C10H11F5O3Si/c1-3(2-10(16,17)18-19)4-5(11)7(13)9(15)8(14)6(4)12/h3,16-17H,2H2,1,19H3. The van der Waals surface area contributed by atoms with Crippen molar-refractivity contribution < 1.29 is 36.6 Å². The second-order valence-corrected chi connectivity index (χ2v) is 4.44. The highest BCUT2D eigenvalue weighted by Crippen LogP contribution is 2.32. The summed E-state index contributed by atoms with van der Waals surface area (Å²) in [5.74, 6) is -14.4. The molecule has 0 saturated carbocycles. The van der Waals surface area contributed by atoms with E-state index >= 15 is 0 Å². The van der Waals surface area contributed by atoms with Gasteiger partial charge in [-0.2, -0.15) is 0 Å². The minimum atomic E-state index is -2.67. The molecule has 0 saturated heterocycles. The predicted molar refractivity (Wildman–Crippen MR) is 57.5 cm³/mol. The van der Waals surface area contributed by atoms with Gasteiger partial charge >= 0.3 is 0 Å². The molecule has 1 aromatic carbocycles. The quantitative estimate of drug-likeness (QED) is 0.284. The fourth-order valence-corrected chi connectivity index (χ4v) is 1.81. The van der Waals surface area contributed by atoms with Crippen LogP contribution in [0.5, 0.6) is 0 Å². The maximum Gasteiger partial charge on any atom is 0.268 e. The van der Waals surface area contributed by atoms with Crippen LogP contribution in [0, 0.1) is 29.1 Å². The zero-order valence-electron chi connectivity index (χ0n) is 9.98. The van der Waals surface area contributed by atoms with Gasteiger partial charge in [-0.3, -0.25) is 0 Å². The fraction of sp³-hybridized carbons (Fsp3) is 0.400. The van der Waals surface area contributed by atoms with Crippen LogP contribution in [-0.2, 0) is 4.43 Å². The summed E-state index contributed by atoms with van der Waals surface area (Å²) in [7, 11) is -0.0890. The molecule has 19 heavy (non-hydrogen) atoms. The molecule has 0 fully saturated rings. The minimum absolute atomic E-state index is 0.0890. The molecule has 1 rings (SSSR count). The molecule has 0 aliphatic heterocycles. The molecule has 0 aliphatic rings. The lowest BCUT2D eigenvalue weighted by atomic mass is 9.95. The largest absolute Gasteiger partial charge is 0.381 e. The lowest BCUT2D eigenvalue weighted by Gasteiger charge is -2.24. The Morgan fingerprint density at radius 2 is 1.37 bits per heavy atom. The molecule has 0 radical (unpaired) electrons. The van der Waals surface area contributed by atoms with Gasteiger partial charge in [-0.15, -0.1) is 0 Å². The Kier molecular flexibility index (Phi) is 4.66. The number of hydrogen-bond acceptors (Lipinski definition) is 3. The van der Waals surface area contributed by atoms with Gasteiger partial charge in [0.15, 0.2) is 33.8 Å². The average Bonchev–Trinajstić information content (AvgIpc) is 2.33. The molecule has 1 atom stereocenters. The highest BCUT2D eigenvalue weighted by atomic mass is 28.2. The number of benzene rings is 1. The highest BCUT2D eigenvalue weighted by molar-refractivity contribution is 5.98. The molecule has 1 aromatic rings. The zero-order valence-corrected chi connectivity index (χ0v) is 12.0. The molecule has 9 heteroatoms. The summed E-state index contributed by atoms with van der Waals surface area (Å²) in [5.41, 5.74) is -1.11. The smallest absolute Gasteiger partial charge is 0.268 e. The lowest BCUT2D eigenvalue weighted by molar-refractivity contribution is -0.296. The van der Waals surface area contributed by atoms with Crippen LogP contribution in [0.2, 0.25) is 0 Å². The van der Waals surface area contributed by atoms with Gasteiger partial charge in [0.1, 0.15) is 0 Å². The number of aliphatic hydroxyl groups is 2. The molecule has 0 heterocycles. The van der Waals surface area contributed by atoms with Crippen molar-refractivity contribution in [3.8, 4) is 0 Å². The van der Waals surface area contributed by atoms with Crippen molar-refractivity contribution in [1.29, 1.82) is 0 Å². The maximum atomic E-state index is 13.4. The topological polar surface area (TPSA) is 49.7 Å². The van der Waals surface area contributed by atoms with Crippen molar-refractivity contribution in [3.63, 3.8) is 0 Å². The predicted octanol–water partition coefficient (Wildman–Crippen LogP) is 0.811. The van der Waals surface area contributed by atoms with Crippen LogP contribution >= 0.6 is 0 Å². The zero-order chi connectivity index (χ0) is 15.0. The number of rotatable bonds is 4. The summed E-state index contributed by atoms with van der Waals surface area (Å²) in [6.45, 7) is 1.08. The van der Waals surface area contributed by atoms with Crippen LogP contribution in [0.15, 0.2) is 0 Å². The first-order valence-electron chi connectivity index (χ1n) is 5.13. The van der Waals surface area contributed by atoms with Gasteiger partial charge in [0.05, 0.1) is 0 Å². The van der Waals surface area contributed by atoms with Crippen LogP contribution in [0.1, 0.15) is 24.8 Å². The molecular weight excluding hydrogens is 291 g/mol. The summed E-state index contributed by atoms with van der Waals surface area (Å²) < 4.78 is 69.9. The van der Waals surface area contributed by atoms with Gasteiger partial charge in [-0.1, -0.05) is 6.92 Å². The van der Waals surface area contributed by atoms with Crippen LogP contribution < -0.4 is 0 Å². The molecule has 0 aliphatic carbocycles. The molecule has 0 aromatic heterocycles. The third kappa shape index (κ3) is 3.11. The van der Waals surface area contributed by atoms with Crippen LogP contribution in [0.25, 0.3) is 0 Å². The van der Waals surface area contributed by atoms with Gasteiger partial charge in [-0.05, 0) is 5.92 Å². The average molecular weight is 302 g/mol. The number of hydrogen-bond donors (Lipinski definition) is 2. The van der Waals surface area contributed by atoms with Crippen LogP contribution in [0.4, 0.5) is 22.0 Å². The van der Waals surface area contributed by atoms with Crippen molar-refractivity contribution in [2.75, 3.05) is 0 Å². The summed E-state index contributed by atoms with van der Waals surface area (Å²) in [4.78, 5) is 0. The molecule has 108 valence electrons. The van der Waals surface area contributed by atoms with Crippen molar-refractivity contribution >= 4 is 10.5 Å². The van der Waals surface area contributed by atoms with Gasteiger partial charge in [0, 0.05) is 12.0 Å². The van der Waals surface area contributed by atoms with Gasteiger partial charge in [0.2, 0.25) is 5.82 Å². The Hall–Kier alpha value is -1.03. The first kappa shape index (κ1) is 16.0. The van der Waals surface area contributed by atoms with Crippen LogP contribution in [0.3, 0.4) is 0 Å². The Labute approximate surface area is 108 Å². The highest BCUT2D eigenvalue weighted by Gasteiger charge is 2.33. The van der Waals surface area contributed by atoms with Crippen molar-refractivity contribution in [1.82, 2.24) is 0 Å². The van der Waals surface area contributed by atoms with E-state index in [0.29, 0.717) is 0 Å². The van der Waals surface area contributed by atoms with Crippen molar-refractivity contribution in [2.24, 2.45) is 0 Å². The molecular formula is C10H11F5O3Si. The molecule has 0 amide bonds. The first-order valence-corrected chi connectivity index (χ1v) is 5.95. The fourth-order valence-electron chi connectivity index (χ4n) is 1.64. The van der Waals surface area contributed by atoms with E-state index < -0.39 is 53.0 Å². The Morgan fingerprint density at radius 3 is 1.74 bits per heavy atom. The van der Waals surface area contributed by atoms with E-state index in [2.05, 4.69) is 4.43 Å². The summed E-state index contributed by atoms with van der Waals surface area (Å²) in [5, 5.41) is 18.4. The van der Waals surface area contributed by atoms with Crippen molar-refractivity contribution in [3.05, 3.63) is 34.6 Å². The third-order valence-corrected chi connectivity index (χ3v) is 3.29. The Balaban J connectivity index is 3.28. The summed E-state index contributed by atoms with van der Waals surface area (Å²) >= 11 is 0. The maximum absolute atomic E-state index is 13.4. The molecule has 3 nitrogen and oxygen atoms in total. The van der Waals surface area contributed by atoms with Gasteiger partial charge in [-0.25, -0.2) is 22.0 Å². The normalized spacial score (nSPS) is 13.9. The molecule has 0 spiro atoms. The second kappa shape index (κ2) is 5.53. The first-order chi connectivity index (χ1) is 8.62. The lowest BCUT2D eigenvalue weighted by Crippen LogP contribution is -2.33. The van der Waals surface area contributed by atoms with Gasteiger partial charge in [0.25, 0.3) is 5.97 Å². The van der Waals surface area contributed by atoms with Crippen molar-refractivity contribution in [2.45, 2.75) is 25.2 Å². The Bertz CT molecular complexity index is 466. The van der Waals surface area contributed by atoms with E-state index in [-0.39, 0.29) is 10.5 Å². The van der Waals surface area contributed by atoms with E-state index in [1.54, 1.807) is 0 Å². The van der Waals surface area contributed by atoms with E-state index in [4.69, 9.17) is 0 Å². The Morgan fingerprint density at radius 1 is 1.00 bits per heavy atom. The second-order valence-electron chi connectivity index (χ2n) is 4.04. The number of halogens is 5. The van der Waals surface area contributed by atoms with E-state index in [0.717, 1.165) is 6.92 Å².